The second-order valence-corrected chi connectivity index (χ2v) is 5.22. The minimum absolute atomic E-state index is 0.112. The molecular weight excluding hydrogens is 307 g/mol. The number of nitrogens with one attached hydrogen (secondary N) is 2. The van der Waals surface area contributed by atoms with Gasteiger partial charge in [-0.25, -0.2) is 9.18 Å². The van der Waals surface area contributed by atoms with Crippen LogP contribution in [-0.2, 0) is 6.54 Å². The van der Waals surface area contributed by atoms with Gasteiger partial charge >= 0.3 is 6.03 Å². The zero-order chi connectivity index (χ0) is 15.4. The van der Waals surface area contributed by atoms with Gasteiger partial charge in [0.15, 0.2) is 5.82 Å². The first-order chi connectivity index (χ1) is 10.7. The molecule has 9 heteroatoms. The zero-order valence-corrected chi connectivity index (χ0v) is 12.0. The molecule has 0 aliphatic rings. The number of urea groups is 1. The molecule has 3 aromatic rings. The molecule has 0 aliphatic carbocycles. The molecule has 0 atom stereocenters. The van der Waals surface area contributed by atoms with Crippen molar-refractivity contribution >= 4 is 22.4 Å². The van der Waals surface area contributed by atoms with Crippen LogP contribution < -0.4 is 10.6 Å². The average molecular weight is 318 g/mol. The molecule has 0 aliphatic heterocycles. The van der Waals surface area contributed by atoms with Crippen molar-refractivity contribution in [2.24, 2.45) is 0 Å². The Labute approximate surface area is 128 Å². The third-order valence-corrected chi connectivity index (χ3v) is 3.54. The van der Waals surface area contributed by atoms with E-state index < -0.39 is 0 Å². The SMILES string of the molecule is O=C(NCc1nnnn1-c1cccc(F)c1)Nc1cccs1. The van der Waals surface area contributed by atoms with Gasteiger partial charge in [-0.1, -0.05) is 6.07 Å². The summed E-state index contributed by atoms with van der Waals surface area (Å²) in [6.07, 6.45) is 0. The van der Waals surface area contributed by atoms with Gasteiger partial charge in [-0.3, -0.25) is 5.32 Å². The van der Waals surface area contributed by atoms with Crippen LogP contribution in [0.25, 0.3) is 5.69 Å². The van der Waals surface area contributed by atoms with Crippen molar-refractivity contribution in [3.63, 3.8) is 0 Å². The van der Waals surface area contributed by atoms with Crippen LogP contribution in [0.15, 0.2) is 41.8 Å². The third kappa shape index (κ3) is 3.26. The molecule has 0 spiro atoms. The second kappa shape index (κ2) is 6.31. The van der Waals surface area contributed by atoms with Gasteiger partial charge < -0.3 is 5.32 Å². The minimum atomic E-state index is -0.387. The van der Waals surface area contributed by atoms with Crippen molar-refractivity contribution in [2.75, 3.05) is 5.32 Å². The summed E-state index contributed by atoms with van der Waals surface area (Å²) in [5.41, 5.74) is 0.487. The molecule has 7 nitrogen and oxygen atoms in total. The van der Waals surface area contributed by atoms with Gasteiger partial charge in [0.25, 0.3) is 0 Å². The maximum Gasteiger partial charge on any atom is 0.320 e. The van der Waals surface area contributed by atoms with Crippen molar-refractivity contribution in [1.29, 1.82) is 0 Å². The van der Waals surface area contributed by atoms with Gasteiger partial charge in [-0.2, -0.15) is 4.68 Å². The van der Waals surface area contributed by atoms with Crippen LogP contribution in [-0.4, -0.2) is 26.2 Å². The van der Waals surface area contributed by atoms with E-state index in [-0.39, 0.29) is 18.4 Å². The summed E-state index contributed by atoms with van der Waals surface area (Å²) in [5.74, 6) is 0.00859. The maximum absolute atomic E-state index is 13.3. The molecule has 2 heterocycles. The van der Waals surface area contributed by atoms with E-state index in [1.54, 1.807) is 18.2 Å². The number of thiophene rings is 1. The molecule has 0 saturated carbocycles. The Bertz CT molecular complexity index is 772. The number of carbonyl (C=O) groups excluding carboxylic acids is 1. The fourth-order valence-corrected chi connectivity index (χ4v) is 2.40. The predicted molar refractivity (Wildman–Crippen MR) is 79.3 cm³/mol. The van der Waals surface area contributed by atoms with Crippen molar-refractivity contribution < 1.29 is 9.18 Å². The Kier molecular flexibility index (Phi) is 4.05. The van der Waals surface area contributed by atoms with Gasteiger partial charge in [0.05, 0.1) is 17.2 Å². The first kappa shape index (κ1) is 14.1. The van der Waals surface area contributed by atoms with Crippen LogP contribution in [0, 0.1) is 5.82 Å². The first-order valence-corrected chi connectivity index (χ1v) is 7.22. The molecule has 0 radical (unpaired) electrons. The zero-order valence-electron chi connectivity index (χ0n) is 11.2. The summed E-state index contributed by atoms with van der Waals surface area (Å²) in [4.78, 5) is 11.8. The highest BCUT2D eigenvalue weighted by molar-refractivity contribution is 7.14. The topological polar surface area (TPSA) is 84.7 Å². The second-order valence-electron chi connectivity index (χ2n) is 4.27. The highest BCUT2D eigenvalue weighted by Gasteiger charge is 2.10. The standard InChI is InChI=1S/C13H11FN6OS/c14-9-3-1-4-10(7-9)20-11(17-18-19-20)8-15-13(21)16-12-5-2-6-22-12/h1-7H,8H2,(H2,15,16,21). The Balaban J connectivity index is 1.66. The number of anilines is 1. The van der Waals surface area contributed by atoms with Crippen molar-refractivity contribution in [1.82, 2.24) is 25.5 Å². The molecule has 112 valence electrons. The summed E-state index contributed by atoms with van der Waals surface area (Å²) in [6, 6.07) is 9.15. The number of rotatable bonds is 4. The lowest BCUT2D eigenvalue weighted by Crippen LogP contribution is -2.29. The molecule has 0 fully saturated rings. The highest BCUT2D eigenvalue weighted by atomic mass is 32.1. The third-order valence-electron chi connectivity index (χ3n) is 2.75. The van der Waals surface area contributed by atoms with Crippen molar-refractivity contribution in [3.05, 3.63) is 53.4 Å². The molecule has 2 aromatic heterocycles. The minimum Gasteiger partial charge on any atom is -0.330 e. The number of halogens is 1. The molecule has 2 amide bonds. The largest absolute Gasteiger partial charge is 0.330 e. The van der Waals surface area contributed by atoms with E-state index in [4.69, 9.17) is 0 Å². The van der Waals surface area contributed by atoms with Gasteiger partial charge in [0.2, 0.25) is 0 Å². The maximum atomic E-state index is 13.3. The molecule has 0 unspecified atom stereocenters. The smallest absolute Gasteiger partial charge is 0.320 e. The van der Waals surface area contributed by atoms with Gasteiger partial charge in [-0.05, 0) is 46.1 Å². The fraction of sp³-hybridized carbons (Fsp3) is 0.0769. The lowest BCUT2D eigenvalue weighted by molar-refractivity contribution is 0.251. The summed E-state index contributed by atoms with van der Waals surface area (Å²) < 4.78 is 14.6. The Hall–Kier alpha value is -2.81. The van der Waals surface area contributed by atoms with Crippen LogP contribution in [0.2, 0.25) is 0 Å². The van der Waals surface area contributed by atoms with Gasteiger partial charge in [0, 0.05) is 0 Å². The summed E-state index contributed by atoms with van der Waals surface area (Å²) in [5, 5.41) is 19.1. The number of carbonyl (C=O) groups is 1. The molecule has 1 aromatic carbocycles. The predicted octanol–water partition coefficient (Wildman–Crippen LogP) is 2.18. The summed E-state index contributed by atoms with van der Waals surface area (Å²) in [7, 11) is 0. The lowest BCUT2D eigenvalue weighted by atomic mass is 10.3. The quantitative estimate of drug-likeness (QED) is 0.772. The monoisotopic (exact) mass is 318 g/mol. The van der Waals surface area contributed by atoms with Crippen LogP contribution in [0.4, 0.5) is 14.2 Å². The van der Waals surface area contributed by atoms with E-state index in [0.717, 1.165) is 5.00 Å². The number of nitrogens with zero attached hydrogens (tertiary/aromatic N) is 4. The number of amides is 2. The normalized spacial score (nSPS) is 10.4. The van der Waals surface area contributed by atoms with Crippen molar-refractivity contribution in [3.8, 4) is 5.69 Å². The van der Waals surface area contributed by atoms with Gasteiger partial charge in [0.1, 0.15) is 5.82 Å². The Morgan fingerprint density at radius 3 is 3.00 bits per heavy atom. The highest BCUT2D eigenvalue weighted by Crippen LogP contribution is 2.14. The Morgan fingerprint density at radius 2 is 2.23 bits per heavy atom. The lowest BCUT2D eigenvalue weighted by Gasteiger charge is -2.07. The summed E-state index contributed by atoms with van der Waals surface area (Å²) >= 11 is 1.42. The molecule has 2 N–H and O–H groups in total. The molecule has 0 saturated heterocycles. The van der Waals surface area contributed by atoms with E-state index in [2.05, 4.69) is 26.2 Å². The van der Waals surface area contributed by atoms with Gasteiger partial charge in [-0.15, -0.1) is 16.4 Å². The Morgan fingerprint density at radius 1 is 1.32 bits per heavy atom. The van der Waals surface area contributed by atoms with E-state index >= 15 is 0 Å². The number of benzene rings is 1. The summed E-state index contributed by atoms with van der Waals surface area (Å²) in [6.45, 7) is 0.112. The average Bonchev–Trinajstić information content (AvgIpc) is 3.16. The first-order valence-electron chi connectivity index (χ1n) is 6.34. The number of tetrazole rings is 1. The van der Waals surface area contributed by atoms with Crippen molar-refractivity contribution in [2.45, 2.75) is 6.54 Å². The molecule has 3 rings (SSSR count). The molecular formula is C13H11FN6OS. The number of aromatic nitrogens is 4. The van der Waals surface area contributed by atoms with Crippen LogP contribution in [0.1, 0.15) is 5.82 Å². The number of hydrogen-bond donors (Lipinski definition) is 2. The van der Waals surface area contributed by atoms with Crippen LogP contribution >= 0.6 is 11.3 Å². The molecule has 0 bridgehead atoms. The number of hydrogen-bond acceptors (Lipinski definition) is 5. The molecule has 22 heavy (non-hydrogen) atoms. The van der Waals surface area contributed by atoms with Crippen LogP contribution in [0.3, 0.4) is 0 Å². The van der Waals surface area contributed by atoms with E-state index in [9.17, 15) is 9.18 Å². The van der Waals surface area contributed by atoms with Crippen LogP contribution in [0.5, 0.6) is 0 Å². The van der Waals surface area contributed by atoms with E-state index in [0.29, 0.717) is 11.5 Å². The fourth-order valence-electron chi connectivity index (χ4n) is 1.79. The van der Waals surface area contributed by atoms with E-state index in [1.165, 1.54) is 28.2 Å². The van der Waals surface area contributed by atoms with E-state index in [1.807, 2.05) is 11.4 Å².